The molecule has 36 heavy (non-hydrogen) atoms. The van der Waals surface area contributed by atoms with Crippen molar-refractivity contribution in [1.29, 1.82) is 0 Å². The molecule has 184 valence electrons. The molecule has 0 spiro atoms. The van der Waals surface area contributed by atoms with Gasteiger partial charge in [-0.15, -0.1) is 0 Å². The molecule has 2 aliphatic rings. The fourth-order valence-electron chi connectivity index (χ4n) is 5.43. The zero-order valence-electron chi connectivity index (χ0n) is 19.0. The minimum atomic E-state index is -0.962. The Hall–Kier alpha value is -3.68. The van der Waals surface area contributed by atoms with Gasteiger partial charge in [-0.3, -0.25) is 0 Å². The first-order chi connectivity index (χ1) is 17.3. The van der Waals surface area contributed by atoms with E-state index in [1.54, 1.807) is 9.80 Å². The van der Waals surface area contributed by atoms with Crippen molar-refractivity contribution in [2.75, 3.05) is 22.9 Å². The number of fused-ring (bicyclic) bond motifs is 3. The molecule has 0 aromatic heterocycles. The van der Waals surface area contributed by atoms with E-state index in [1.807, 2.05) is 12.1 Å². The highest BCUT2D eigenvalue weighted by Gasteiger charge is 2.26. The van der Waals surface area contributed by atoms with Crippen molar-refractivity contribution in [3.8, 4) is 0 Å². The van der Waals surface area contributed by atoms with Crippen LogP contribution in [-0.2, 0) is 25.9 Å². The molecular weight excluding hydrogens is 478 g/mol. The minimum absolute atomic E-state index is 0.244. The van der Waals surface area contributed by atoms with Crippen molar-refractivity contribution in [3.05, 3.63) is 106 Å². The van der Waals surface area contributed by atoms with Crippen LogP contribution >= 0.6 is 0 Å². The van der Waals surface area contributed by atoms with Crippen LogP contribution in [0.15, 0.2) is 48.5 Å². The monoisotopic (exact) mass is 498 g/mol. The molecule has 0 amide bonds. The first kappa shape index (κ1) is 22.8. The maximum atomic E-state index is 14.4. The first-order valence-corrected chi connectivity index (χ1v) is 11.6. The van der Waals surface area contributed by atoms with Gasteiger partial charge in [0.2, 0.25) is 0 Å². The van der Waals surface area contributed by atoms with Crippen LogP contribution in [0.4, 0.5) is 37.7 Å². The fraction of sp³-hybridized carbons (Fsp3) is 0.214. The van der Waals surface area contributed by atoms with Crippen LogP contribution in [0, 0.1) is 34.9 Å². The number of nitrogens with zero attached hydrogens (tertiary/aromatic N) is 2. The zero-order valence-corrected chi connectivity index (χ0v) is 19.0. The van der Waals surface area contributed by atoms with Gasteiger partial charge in [0.05, 0.1) is 0 Å². The Bertz CT molecular complexity index is 1380. The van der Waals surface area contributed by atoms with Gasteiger partial charge in [0.1, 0.15) is 23.0 Å². The summed E-state index contributed by atoms with van der Waals surface area (Å²) in [7, 11) is 0. The molecule has 8 heteroatoms. The number of anilines is 2. The van der Waals surface area contributed by atoms with E-state index in [0.717, 1.165) is 33.0 Å². The quantitative estimate of drug-likeness (QED) is 0.281. The van der Waals surface area contributed by atoms with Gasteiger partial charge in [-0.1, -0.05) is 12.1 Å². The van der Waals surface area contributed by atoms with Gasteiger partial charge >= 0.3 is 0 Å². The van der Waals surface area contributed by atoms with Crippen LogP contribution in [0.25, 0.3) is 10.8 Å². The smallest absolute Gasteiger partial charge is 0.152 e. The summed E-state index contributed by atoms with van der Waals surface area (Å²) < 4.78 is 84.2. The molecule has 0 N–H and O–H groups in total. The molecule has 0 unspecified atom stereocenters. The highest BCUT2D eigenvalue weighted by Crippen LogP contribution is 2.35. The predicted molar refractivity (Wildman–Crippen MR) is 126 cm³/mol. The molecular formula is C28H20F6N2. The third-order valence-corrected chi connectivity index (χ3v) is 7.10. The molecule has 2 heterocycles. The number of hydrogen-bond donors (Lipinski definition) is 0. The van der Waals surface area contributed by atoms with Crippen LogP contribution in [0.5, 0.6) is 0 Å². The standard InChI is InChI=1S/C28H20F6N2/c29-21-9-23(31)27(24(32)10-21)35-3-1-15-5-17-6-16-2-4-36(28-25(33)11-22(30)12-26(28)34)14-20(16)8-18(17)7-19(15)13-35/h5-12H,1-4,13-14H2. The molecule has 6 rings (SSSR count). The van der Waals surface area contributed by atoms with E-state index in [2.05, 4.69) is 12.1 Å². The van der Waals surface area contributed by atoms with Crippen molar-refractivity contribution < 1.29 is 26.3 Å². The Morgan fingerprint density at radius 2 is 0.778 bits per heavy atom. The maximum Gasteiger partial charge on any atom is 0.152 e. The average molecular weight is 498 g/mol. The number of halogens is 6. The highest BCUT2D eigenvalue weighted by atomic mass is 19.2. The van der Waals surface area contributed by atoms with Gasteiger partial charge in [0.15, 0.2) is 23.3 Å². The van der Waals surface area contributed by atoms with E-state index < -0.39 is 34.9 Å². The Morgan fingerprint density at radius 1 is 0.444 bits per heavy atom. The lowest BCUT2D eigenvalue weighted by Gasteiger charge is -2.33. The summed E-state index contributed by atoms with van der Waals surface area (Å²) in [5, 5.41) is 1.92. The lowest BCUT2D eigenvalue weighted by atomic mass is 9.90. The van der Waals surface area contributed by atoms with Crippen LogP contribution in [0.2, 0.25) is 0 Å². The summed E-state index contributed by atoms with van der Waals surface area (Å²) >= 11 is 0. The summed E-state index contributed by atoms with van der Waals surface area (Å²) in [6.07, 6.45) is 1.16. The summed E-state index contributed by atoms with van der Waals surface area (Å²) in [5.74, 6) is -5.68. The van der Waals surface area contributed by atoms with Crippen LogP contribution in [0.1, 0.15) is 22.3 Å². The Kier molecular flexibility index (Phi) is 5.35. The molecule has 0 aliphatic carbocycles. The minimum Gasteiger partial charge on any atom is -0.362 e. The van der Waals surface area contributed by atoms with Crippen molar-refractivity contribution in [2.24, 2.45) is 0 Å². The van der Waals surface area contributed by atoms with Crippen molar-refractivity contribution in [3.63, 3.8) is 0 Å². The zero-order chi connectivity index (χ0) is 25.1. The van der Waals surface area contributed by atoms with Gasteiger partial charge < -0.3 is 9.80 Å². The van der Waals surface area contributed by atoms with Crippen LogP contribution < -0.4 is 9.80 Å². The molecule has 4 aromatic rings. The number of hydrogen-bond acceptors (Lipinski definition) is 2. The van der Waals surface area contributed by atoms with Crippen molar-refractivity contribution in [1.82, 2.24) is 0 Å². The van der Waals surface area contributed by atoms with Crippen molar-refractivity contribution in [2.45, 2.75) is 25.9 Å². The maximum absolute atomic E-state index is 14.4. The van der Waals surface area contributed by atoms with Crippen molar-refractivity contribution >= 4 is 22.1 Å². The number of rotatable bonds is 2. The third-order valence-electron chi connectivity index (χ3n) is 7.10. The lowest BCUT2D eigenvalue weighted by molar-refractivity contribution is 0.532. The SMILES string of the molecule is Fc1cc(F)c(N2CCc3cc4cc5c(cc4cc3C2)CN(c2c(F)cc(F)cc2F)CC5)c(F)c1. The molecule has 0 atom stereocenters. The van der Waals surface area contributed by atoms with E-state index in [-0.39, 0.29) is 24.5 Å². The average Bonchev–Trinajstić information content (AvgIpc) is 2.80. The molecule has 4 aromatic carbocycles. The van der Waals surface area contributed by atoms with E-state index in [0.29, 0.717) is 50.2 Å². The Balaban J connectivity index is 1.34. The van der Waals surface area contributed by atoms with E-state index in [4.69, 9.17) is 0 Å². The van der Waals surface area contributed by atoms with Crippen LogP contribution in [0.3, 0.4) is 0 Å². The second-order valence-corrected chi connectivity index (χ2v) is 9.37. The summed E-state index contributed by atoms with van der Waals surface area (Å²) in [5.41, 5.74) is 3.47. The van der Waals surface area contributed by atoms with Gasteiger partial charge in [0, 0.05) is 50.4 Å². The second kappa shape index (κ2) is 8.47. The van der Waals surface area contributed by atoms with Gasteiger partial charge in [-0.2, -0.15) is 0 Å². The highest BCUT2D eigenvalue weighted by molar-refractivity contribution is 5.86. The van der Waals surface area contributed by atoms with Gasteiger partial charge in [-0.05, 0) is 58.0 Å². The molecule has 2 nitrogen and oxygen atoms in total. The molecule has 0 bridgehead atoms. The topological polar surface area (TPSA) is 6.48 Å². The molecule has 0 saturated heterocycles. The largest absolute Gasteiger partial charge is 0.362 e. The summed E-state index contributed by atoms with van der Waals surface area (Å²) in [6.45, 7) is 1.32. The molecule has 0 fully saturated rings. The molecule has 0 saturated carbocycles. The normalized spacial score (nSPS) is 15.3. The fourth-order valence-corrected chi connectivity index (χ4v) is 5.43. The van der Waals surface area contributed by atoms with E-state index in [9.17, 15) is 26.3 Å². The van der Waals surface area contributed by atoms with Crippen LogP contribution in [-0.4, -0.2) is 13.1 Å². The van der Waals surface area contributed by atoms with E-state index >= 15 is 0 Å². The Morgan fingerprint density at radius 3 is 1.14 bits per heavy atom. The summed E-state index contributed by atoms with van der Waals surface area (Å²) in [6, 6.07) is 10.8. The second-order valence-electron chi connectivity index (χ2n) is 9.37. The lowest BCUT2D eigenvalue weighted by Crippen LogP contribution is -2.32. The molecule has 0 radical (unpaired) electrons. The predicted octanol–water partition coefficient (Wildman–Crippen LogP) is 6.80. The van der Waals surface area contributed by atoms with Gasteiger partial charge in [-0.25, -0.2) is 26.3 Å². The number of benzene rings is 4. The molecule has 2 aliphatic heterocycles. The third kappa shape index (κ3) is 3.85. The Labute approximate surface area is 203 Å². The first-order valence-electron chi connectivity index (χ1n) is 11.6. The van der Waals surface area contributed by atoms with Gasteiger partial charge in [0.25, 0.3) is 0 Å². The summed E-state index contributed by atoms with van der Waals surface area (Å²) in [4.78, 5) is 3.14. The van der Waals surface area contributed by atoms with E-state index in [1.165, 1.54) is 0 Å².